The topological polar surface area (TPSA) is 108 Å². The van der Waals surface area contributed by atoms with Crippen LogP contribution >= 0.6 is 11.6 Å². The van der Waals surface area contributed by atoms with E-state index in [1.807, 2.05) is 0 Å². The molecular formula is C21H18ClN5O4. The van der Waals surface area contributed by atoms with Gasteiger partial charge in [-0.3, -0.25) is 23.4 Å². The second-order valence-electron chi connectivity index (χ2n) is 6.81. The van der Waals surface area contributed by atoms with Gasteiger partial charge in [0.1, 0.15) is 0 Å². The molecule has 2 heterocycles. The Labute approximate surface area is 181 Å². The quantitative estimate of drug-likeness (QED) is 0.461. The summed E-state index contributed by atoms with van der Waals surface area (Å²) in [5.74, 6) is -0.0621. The number of ether oxygens (including phenoxy) is 1. The first-order valence-electron chi connectivity index (χ1n) is 9.47. The highest BCUT2D eigenvalue weighted by atomic mass is 35.5. The van der Waals surface area contributed by atoms with Crippen LogP contribution in [0.4, 0.5) is 0 Å². The van der Waals surface area contributed by atoms with Crippen molar-refractivity contribution in [2.24, 2.45) is 7.05 Å². The molecule has 0 radical (unpaired) electrons. The fourth-order valence-corrected chi connectivity index (χ4v) is 3.31. The van der Waals surface area contributed by atoms with E-state index in [2.05, 4.69) is 15.5 Å². The molecule has 0 aliphatic carbocycles. The Morgan fingerprint density at radius 3 is 2.61 bits per heavy atom. The number of nitrogens with zero attached hydrogens (tertiary/aromatic N) is 4. The lowest BCUT2D eigenvalue weighted by molar-refractivity contribution is -0.145. The average Bonchev–Trinajstić information content (AvgIpc) is 3.21. The van der Waals surface area contributed by atoms with Gasteiger partial charge in [-0.2, -0.15) is 0 Å². The molecule has 4 rings (SSSR count). The molecule has 10 heteroatoms. The predicted molar refractivity (Wildman–Crippen MR) is 114 cm³/mol. The Balaban J connectivity index is 1.40. The van der Waals surface area contributed by atoms with E-state index in [0.717, 1.165) is 0 Å². The van der Waals surface area contributed by atoms with Gasteiger partial charge in [-0.25, -0.2) is 0 Å². The summed E-state index contributed by atoms with van der Waals surface area (Å²) in [6.45, 7) is 0.00559. The third kappa shape index (κ3) is 4.13. The third-order valence-corrected chi connectivity index (χ3v) is 5.03. The number of benzene rings is 2. The van der Waals surface area contributed by atoms with Crippen LogP contribution < -0.4 is 10.9 Å². The Kier molecular flexibility index (Phi) is 5.68. The van der Waals surface area contributed by atoms with Crippen molar-refractivity contribution in [1.82, 2.24) is 24.5 Å². The van der Waals surface area contributed by atoms with Crippen LogP contribution in [0, 0.1) is 0 Å². The summed E-state index contributed by atoms with van der Waals surface area (Å²) < 4.78 is 8.38. The molecule has 1 N–H and O–H groups in total. The first-order chi connectivity index (χ1) is 15.0. The smallest absolute Gasteiger partial charge is 0.308 e. The number of aromatic nitrogens is 4. The van der Waals surface area contributed by atoms with Crippen molar-refractivity contribution in [1.29, 1.82) is 0 Å². The lowest BCUT2D eigenvalue weighted by Crippen LogP contribution is -2.26. The highest BCUT2D eigenvalue weighted by Crippen LogP contribution is 2.14. The molecule has 0 atom stereocenters. The summed E-state index contributed by atoms with van der Waals surface area (Å²) in [5.41, 5.74) is 0.896. The fourth-order valence-electron chi connectivity index (χ4n) is 3.18. The number of hydrogen-bond donors (Lipinski definition) is 1. The van der Waals surface area contributed by atoms with E-state index in [0.29, 0.717) is 33.1 Å². The standard InChI is InChI=1S/C21H18ClN5O4/c1-26-20(30)15-4-2-3-5-16(15)27-17(24-25-21(26)27)12-31-18(28)10-11-23-19(29)13-6-8-14(22)9-7-13/h2-9H,10-12H2,1H3,(H,23,29). The summed E-state index contributed by atoms with van der Waals surface area (Å²) in [4.78, 5) is 36.6. The predicted octanol–water partition coefficient (Wildman–Crippen LogP) is 2.10. The molecule has 4 aromatic rings. The Hall–Kier alpha value is -3.72. The number of carbonyl (C=O) groups excluding carboxylic acids is 2. The molecule has 0 saturated carbocycles. The second kappa shape index (κ2) is 8.57. The molecule has 0 bridgehead atoms. The second-order valence-corrected chi connectivity index (χ2v) is 7.24. The Morgan fingerprint density at radius 2 is 1.84 bits per heavy atom. The minimum atomic E-state index is -0.498. The first kappa shape index (κ1) is 20.5. The van der Waals surface area contributed by atoms with Gasteiger partial charge >= 0.3 is 5.97 Å². The van der Waals surface area contributed by atoms with E-state index in [4.69, 9.17) is 16.3 Å². The average molecular weight is 440 g/mol. The number of rotatable bonds is 6. The minimum Gasteiger partial charge on any atom is -0.457 e. The van der Waals surface area contributed by atoms with E-state index in [-0.39, 0.29) is 31.0 Å². The molecule has 2 aromatic heterocycles. The van der Waals surface area contributed by atoms with Gasteiger partial charge in [-0.1, -0.05) is 23.7 Å². The third-order valence-electron chi connectivity index (χ3n) is 4.78. The van der Waals surface area contributed by atoms with Crippen LogP contribution in [0.5, 0.6) is 0 Å². The van der Waals surface area contributed by atoms with Gasteiger partial charge in [0.05, 0.1) is 17.3 Å². The van der Waals surface area contributed by atoms with E-state index < -0.39 is 5.97 Å². The van der Waals surface area contributed by atoms with Gasteiger partial charge in [-0.05, 0) is 36.4 Å². The molecule has 0 aliphatic rings. The molecular weight excluding hydrogens is 422 g/mol. The van der Waals surface area contributed by atoms with Crippen LogP contribution in [0.1, 0.15) is 22.6 Å². The SMILES string of the molecule is Cn1c(=O)c2ccccc2n2c(COC(=O)CCNC(=O)c3ccc(Cl)cc3)nnc12. The number of carbonyl (C=O) groups is 2. The van der Waals surface area contributed by atoms with Crippen LogP contribution in [0.3, 0.4) is 0 Å². The molecule has 0 fully saturated rings. The molecule has 158 valence electrons. The highest BCUT2D eigenvalue weighted by Gasteiger charge is 2.16. The number of esters is 1. The van der Waals surface area contributed by atoms with Gasteiger partial charge in [0, 0.05) is 24.2 Å². The zero-order valence-electron chi connectivity index (χ0n) is 16.5. The molecule has 0 saturated heterocycles. The molecule has 0 unspecified atom stereocenters. The molecule has 31 heavy (non-hydrogen) atoms. The van der Waals surface area contributed by atoms with Crippen molar-refractivity contribution in [3.63, 3.8) is 0 Å². The number of fused-ring (bicyclic) bond motifs is 3. The van der Waals surface area contributed by atoms with Crippen LogP contribution in [-0.2, 0) is 23.2 Å². The highest BCUT2D eigenvalue weighted by molar-refractivity contribution is 6.30. The van der Waals surface area contributed by atoms with E-state index in [1.54, 1.807) is 60.0 Å². The maximum Gasteiger partial charge on any atom is 0.308 e. The van der Waals surface area contributed by atoms with Gasteiger partial charge < -0.3 is 10.1 Å². The minimum absolute atomic E-state index is 0.00466. The molecule has 1 amide bonds. The summed E-state index contributed by atoms with van der Waals surface area (Å²) in [6, 6.07) is 13.5. The van der Waals surface area contributed by atoms with Crippen molar-refractivity contribution in [3.05, 3.63) is 75.3 Å². The van der Waals surface area contributed by atoms with Gasteiger partial charge in [0.15, 0.2) is 12.4 Å². The molecule has 9 nitrogen and oxygen atoms in total. The summed E-state index contributed by atoms with van der Waals surface area (Å²) in [5, 5.41) is 11.8. The normalized spacial score (nSPS) is 11.0. The van der Waals surface area contributed by atoms with Crippen molar-refractivity contribution < 1.29 is 14.3 Å². The number of halogens is 1. The summed E-state index contributed by atoms with van der Waals surface area (Å²) >= 11 is 5.80. The number of aryl methyl sites for hydroxylation is 1. The Bertz CT molecular complexity index is 1340. The summed E-state index contributed by atoms with van der Waals surface area (Å²) in [6.07, 6.45) is -0.00466. The van der Waals surface area contributed by atoms with Crippen molar-refractivity contribution in [2.75, 3.05) is 6.54 Å². The molecule has 0 spiro atoms. The number of nitrogens with one attached hydrogen (secondary N) is 1. The van der Waals surface area contributed by atoms with E-state index >= 15 is 0 Å². The van der Waals surface area contributed by atoms with Gasteiger partial charge in [0.2, 0.25) is 5.78 Å². The maximum absolute atomic E-state index is 12.5. The number of amides is 1. The van der Waals surface area contributed by atoms with Gasteiger partial charge in [0.25, 0.3) is 11.5 Å². The van der Waals surface area contributed by atoms with E-state index in [9.17, 15) is 14.4 Å². The van der Waals surface area contributed by atoms with Crippen LogP contribution in [0.25, 0.3) is 16.7 Å². The van der Waals surface area contributed by atoms with Crippen LogP contribution in [0.2, 0.25) is 5.02 Å². The maximum atomic E-state index is 12.5. The fraction of sp³-hybridized carbons (Fsp3) is 0.190. The number of hydrogen-bond acceptors (Lipinski definition) is 6. The summed E-state index contributed by atoms with van der Waals surface area (Å²) in [7, 11) is 1.61. The van der Waals surface area contributed by atoms with Crippen molar-refractivity contribution >= 4 is 40.2 Å². The number of para-hydroxylation sites is 1. The van der Waals surface area contributed by atoms with Crippen LogP contribution in [-0.4, -0.2) is 37.6 Å². The van der Waals surface area contributed by atoms with Crippen molar-refractivity contribution in [2.45, 2.75) is 13.0 Å². The molecule has 0 aliphatic heterocycles. The zero-order chi connectivity index (χ0) is 22.0. The monoisotopic (exact) mass is 439 g/mol. The van der Waals surface area contributed by atoms with Gasteiger partial charge in [-0.15, -0.1) is 10.2 Å². The van der Waals surface area contributed by atoms with E-state index in [1.165, 1.54) is 4.57 Å². The largest absolute Gasteiger partial charge is 0.457 e. The lowest BCUT2D eigenvalue weighted by Gasteiger charge is -2.08. The Morgan fingerprint density at radius 1 is 1.10 bits per heavy atom. The van der Waals surface area contributed by atoms with Crippen LogP contribution in [0.15, 0.2) is 53.3 Å². The van der Waals surface area contributed by atoms with Crippen molar-refractivity contribution in [3.8, 4) is 0 Å². The molecule has 2 aromatic carbocycles. The lowest BCUT2D eigenvalue weighted by atomic mass is 10.2. The zero-order valence-corrected chi connectivity index (χ0v) is 17.3. The first-order valence-corrected chi connectivity index (χ1v) is 9.84.